The van der Waals surface area contributed by atoms with Crippen LogP contribution in [0.4, 0.5) is 0 Å². The van der Waals surface area contributed by atoms with Gasteiger partial charge in [-0.2, -0.15) is 4.99 Å². The molecule has 0 bridgehead atoms. The highest BCUT2D eigenvalue weighted by molar-refractivity contribution is 7.92. The number of methoxy groups -OCH3 is 1. The fourth-order valence-corrected chi connectivity index (χ4v) is 5.70. The molecule has 3 rings (SSSR count). The van der Waals surface area contributed by atoms with Crippen LogP contribution < -0.4 is 14.9 Å². The first kappa shape index (κ1) is 23.0. The van der Waals surface area contributed by atoms with E-state index in [9.17, 15) is 18.0 Å². The number of carbonyl (C=O) groups is 2. The van der Waals surface area contributed by atoms with Gasteiger partial charge >= 0.3 is 0 Å². The third-order valence-corrected chi connectivity index (χ3v) is 7.45. The summed E-state index contributed by atoms with van der Waals surface area (Å²) in [5.41, 5.74) is 0.769. The van der Waals surface area contributed by atoms with Crippen molar-refractivity contribution in [3.05, 3.63) is 23.0 Å². The van der Waals surface area contributed by atoms with E-state index < -0.39 is 33.2 Å². The minimum absolute atomic E-state index is 0.00935. The van der Waals surface area contributed by atoms with E-state index in [1.165, 1.54) is 11.3 Å². The zero-order valence-electron chi connectivity index (χ0n) is 17.3. The van der Waals surface area contributed by atoms with E-state index in [-0.39, 0.29) is 12.6 Å². The third-order valence-electron chi connectivity index (χ3n) is 5.02. The molecule has 0 spiro atoms. The first-order valence-electron chi connectivity index (χ1n) is 9.99. The lowest BCUT2D eigenvalue weighted by Crippen LogP contribution is -2.40. The molecular weight excluding hydrogens is 438 g/mol. The number of thiazole rings is 1. The number of hydrogen-bond acceptors (Lipinski definition) is 6. The Bertz CT molecular complexity index is 1180. The lowest BCUT2D eigenvalue weighted by molar-refractivity contribution is -0.119. The number of nitrogens with one attached hydrogen (secondary N) is 1. The molecule has 1 aromatic heterocycles. The fourth-order valence-electron chi connectivity index (χ4n) is 3.60. The van der Waals surface area contributed by atoms with E-state index in [1.54, 1.807) is 29.9 Å². The number of carbonyl (C=O) groups excluding carboxylic acids is 2. The number of aromatic nitrogens is 1. The van der Waals surface area contributed by atoms with Gasteiger partial charge < -0.3 is 14.6 Å². The standard InChI is InChI=1S/C21H25N3O5S2/c1-3-11-24-17-10-9-16(29-2)12-18(17)30-21(24)23-20(26)14-31(27,28)13-19(25)22-15-7-5-4-6-8-15/h1,9-10,12,15H,4-8,11,13-14H2,2H3,(H,22,25). The van der Waals surface area contributed by atoms with Crippen molar-refractivity contribution >= 4 is 43.2 Å². The van der Waals surface area contributed by atoms with Crippen LogP contribution >= 0.6 is 11.3 Å². The van der Waals surface area contributed by atoms with Crippen molar-refractivity contribution in [1.29, 1.82) is 0 Å². The second-order valence-electron chi connectivity index (χ2n) is 7.45. The van der Waals surface area contributed by atoms with Crippen LogP contribution in [0.15, 0.2) is 23.2 Å². The highest BCUT2D eigenvalue weighted by Crippen LogP contribution is 2.23. The first-order chi connectivity index (χ1) is 14.8. The molecule has 1 heterocycles. The summed E-state index contributed by atoms with van der Waals surface area (Å²) in [4.78, 5) is 28.8. The molecule has 0 saturated heterocycles. The summed E-state index contributed by atoms with van der Waals surface area (Å²) in [6, 6.07) is 5.37. The van der Waals surface area contributed by atoms with Gasteiger partial charge in [0.2, 0.25) is 5.91 Å². The number of ether oxygens (including phenoxy) is 1. The van der Waals surface area contributed by atoms with Crippen LogP contribution in [0.5, 0.6) is 5.75 Å². The summed E-state index contributed by atoms with van der Waals surface area (Å²) in [6.07, 6.45) is 10.3. The summed E-state index contributed by atoms with van der Waals surface area (Å²) in [7, 11) is -2.39. The molecule has 2 aromatic rings. The van der Waals surface area contributed by atoms with E-state index in [4.69, 9.17) is 11.2 Å². The van der Waals surface area contributed by atoms with Gasteiger partial charge in [0.05, 0.1) is 23.9 Å². The topological polar surface area (TPSA) is 107 Å². The van der Waals surface area contributed by atoms with Crippen LogP contribution in [0.3, 0.4) is 0 Å². The monoisotopic (exact) mass is 463 g/mol. The Kier molecular flexibility index (Phi) is 7.51. The SMILES string of the molecule is C#CCn1c(=NC(=O)CS(=O)(=O)CC(=O)NC2CCCCC2)sc2cc(OC)ccc21. The lowest BCUT2D eigenvalue weighted by Gasteiger charge is -2.22. The highest BCUT2D eigenvalue weighted by atomic mass is 32.2. The number of fused-ring (bicyclic) bond motifs is 1. The number of rotatable bonds is 7. The van der Waals surface area contributed by atoms with Gasteiger partial charge in [-0.15, -0.1) is 6.42 Å². The van der Waals surface area contributed by atoms with E-state index in [2.05, 4.69) is 16.2 Å². The van der Waals surface area contributed by atoms with E-state index in [1.807, 2.05) is 0 Å². The predicted molar refractivity (Wildman–Crippen MR) is 119 cm³/mol. The second kappa shape index (κ2) is 10.1. The smallest absolute Gasteiger partial charge is 0.263 e. The van der Waals surface area contributed by atoms with Gasteiger partial charge in [-0.25, -0.2) is 8.42 Å². The van der Waals surface area contributed by atoms with E-state index in [0.29, 0.717) is 10.6 Å². The van der Waals surface area contributed by atoms with Crippen LogP contribution in [0.25, 0.3) is 10.2 Å². The zero-order chi connectivity index (χ0) is 22.4. The van der Waals surface area contributed by atoms with Gasteiger partial charge in [-0.3, -0.25) is 9.59 Å². The molecule has 1 N–H and O–H groups in total. The van der Waals surface area contributed by atoms with Crippen LogP contribution in [0.2, 0.25) is 0 Å². The molecular formula is C21H25N3O5S2. The van der Waals surface area contributed by atoms with Gasteiger partial charge in [0.1, 0.15) is 17.3 Å². The largest absolute Gasteiger partial charge is 0.497 e. The third kappa shape index (κ3) is 6.18. The normalized spacial score (nSPS) is 15.5. The van der Waals surface area contributed by atoms with Crippen molar-refractivity contribution in [2.75, 3.05) is 18.6 Å². The van der Waals surface area contributed by atoms with E-state index in [0.717, 1.165) is 42.3 Å². The van der Waals surface area contributed by atoms with Gasteiger partial charge in [-0.1, -0.05) is 36.5 Å². The maximum absolute atomic E-state index is 12.4. The Hall–Kier alpha value is -2.64. The number of nitrogens with zero attached hydrogens (tertiary/aromatic N) is 2. The summed E-state index contributed by atoms with van der Waals surface area (Å²) in [5.74, 6) is 0.189. The molecule has 0 aliphatic heterocycles. The molecule has 31 heavy (non-hydrogen) atoms. The number of benzene rings is 1. The molecule has 8 nitrogen and oxygen atoms in total. The van der Waals surface area contributed by atoms with Crippen molar-refractivity contribution in [2.24, 2.45) is 4.99 Å². The molecule has 1 aliphatic carbocycles. The summed E-state index contributed by atoms with van der Waals surface area (Å²) in [6.45, 7) is 0.176. The molecule has 1 fully saturated rings. The Morgan fingerprint density at radius 2 is 2.03 bits per heavy atom. The summed E-state index contributed by atoms with van der Waals surface area (Å²) in [5, 5.41) is 2.76. The van der Waals surface area contributed by atoms with Crippen LogP contribution in [0, 0.1) is 12.3 Å². The number of hydrogen-bond donors (Lipinski definition) is 1. The molecule has 0 unspecified atom stereocenters. The van der Waals surface area contributed by atoms with Crippen molar-refractivity contribution in [2.45, 2.75) is 44.7 Å². The molecule has 1 aliphatic rings. The molecule has 1 saturated carbocycles. The number of terminal acetylenes is 1. The average Bonchev–Trinajstić information content (AvgIpc) is 3.04. The average molecular weight is 464 g/mol. The Balaban J connectivity index is 1.74. The first-order valence-corrected chi connectivity index (χ1v) is 12.6. The van der Waals surface area contributed by atoms with Crippen molar-refractivity contribution in [1.82, 2.24) is 9.88 Å². The van der Waals surface area contributed by atoms with Gasteiger partial charge in [0.25, 0.3) is 5.91 Å². The van der Waals surface area contributed by atoms with Gasteiger partial charge in [-0.05, 0) is 31.0 Å². The Morgan fingerprint density at radius 3 is 2.71 bits per heavy atom. The Labute approximate surface area is 185 Å². The molecule has 2 amide bonds. The zero-order valence-corrected chi connectivity index (χ0v) is 18.9. The minimum atomic E-state index is -3.94. The molecule has 0 radical (unpaired) electrons. The van der Waals surface area contributed by atoms with Crippen LogP contribution in [-0.4, -0.2) is 49.5 Å². The van der Waals surface area contributed by atoms with Crippen molar-refractivity contribution in [3.63, 3.8) is 0 Å². The van der Waals surface area contributed by atoms with Crippen LogP contribution in [0.1, 0.15) is 32.1 Å². The number of sulfone groups is 1. The second-order valence-corrected chi connectivity index (χ2v) is 10.5. The van der Waals surface area contributed by atoms with Crippen LogP contribution in [-0.2, 0) is 26.0 Å². The quantitative estimate of drug-likeness (QED) is 0.628. The number of amides is 2. The molecule has 0 atom stereocenters. The van der Waals surface area contributed by atoms with Crippen molar-refractivity contribution < 1.29 is 22.7 Å². The fraction of sp³-hybridized carbons (Fsp3) is 0.476. The highest BCUT2D eigenvalue weighted by Gasteiger charge is 2.23. The minimum Gasteiger partial charge on any atom is -0.497 e. The van der Waals surface area contributed by atoms with Crippen molar-refractivity contribution in [3.8, 4) is 18.1 Å². The van der Waals surface area contributed by atoms with E-state index >= 15 is 0 Å². The molecule has 1 aromatic carbocycles. The maximum Gasteiger partial charge on any atom is 0.263 e. The Morgan fingerprint density at radius 1 is 1.29 bits per heavy atom. The molecule has 10 heteroatoms. The summed E-state index contributed by atoms with van der Waals surface area (Å²) >= 11 is 1.21. The molecule has 166 valence electrons. The predicted octanol–water partition coefficient (Wildman–Crippen LogP) is 1.64. The summed E-state index contributed by atoms with van der Waals surface area (Å²) < 4.78 is 32.4. The lowest BCUT2D eigenvalue weighted by atomic mass is 9.95. The van der Waals surface area contributed by atoms with Gasteiger partial charge in [0, 0.05) is 6.04 Å². The van der Waals surface area contributed by atoms with Gasteiger partial charge in [0.15, 0.2) is 14.6 Å². The maximum atomic E-state index is 12.4.